The molecule has 0 bridgehead atoms. The molecule has 0 unspecified atom stereocenters. The van der Waals surface area contributed by atoms with E-state index in [0.717, 1.165) is 12.8 Å². The summed E-state index contributed by atoms with van der Waals surface area (Å²) in [6.07, 6.45) is 1.67. The second-order valence-electron chi connectivity index (χ2n) is 7.08. The van der Waals surface area contributed by atoms with Crippen molar-refractivity contribution in [3.63, 3.8) is 0 Å². The number of rotatable bonds is 7. The molecule has 1 aliphatic heterocycles. The normalized spacial score (nSPS) is 15.0. The highest BCUT2D eigenvalue weighted by Gasteiger charge is 2.28. The van der Waals surface area contributed by atoms with Crippen LogP contribution in [0.15, 0.2) is 56.6 Å². The van der Waals surface area contributed by atoms with E-state index in [0.29, 0.717) is 36.5 Å². The zero-order valence-corrected chi connectivity index (χ0v) is 17.4. The van der Waals surface area contributed by atoms with Crippen LogP contribution in [0.3, 0.4) is 0 Å². The lowest BCUT2D eigenvalue weighted by Crippen LogP contribution is -2.27. The lowest BCUT2D eigenvalue weighted by molar-refractivity contribution is 0.0970. The van der Waals surface area contributed by atoms with Crippen molar-refractivity contribution in [2.24, 2.45) is 0 Å². The predicted octanol–water partition coefficient (Wildman–Crippen LogP) is 2.66. The number of ether oxygens (including phenoxy) is 1. The second-order valence-corrected chi connectivity index (χ2v) is 9.01. The van der Waals surface area contributed by atoms with Crippen LogP contribution in [0.1, 0.15) is 30.1 Å². The van der Waals surface area contributed by atoms with E-state index in [-0.39, 0.29) is 22.8 Å². The molecule has 2 heterocycles. The molecule has 30 heavy (non-hydrogen) atoms. The standard InChI is InChI=1S/C21H22N2O6S/c1-2-28-16-7-5-15(6-8-16)19(24)14-23-18-10-9-17(13-20(18)29-21(23)25)30(26,27)22-11-3-4-12-22/h5-10,13H,2-4,11-12,14H2,1H3. The fraction of sp³-hybridized carbons (Fsp3) is 0.333. The van der Waals surface area contributed by atoms with Crippen LogP contribution in [0.4, 0.5) is 0 Å². The first-order chi connectivity index (χ1) is 14.4. The molecule has 9 heteroatoms. The first-order valence-electron chi connectivity index (χ1n) is 9.80. The Balaban J connectivity index is 1.61. The summed E-state index contributed by atoms with van der Waals surface area (Å²) < 4.78 is 38.7. The number of carbonyl (C=O) groups excluding carboxylic acids is 1. The molecule has 1 aliphatic rings. The summed E-state index contributed by atoms with van der Waals surface area (Å²) in [4.78, 5) is 25.0. The van der Waals surface area contributed by atoms with Crippen LogP contribution in [0.25, 0.3) is 11.1 Å². The van der Waals surface area contributed by atoms with E-state index in [9.17, 15) is 18.0 Å². The summed E-state index contributed by atoms with van der Waals surface area (Å²) in [6.45, 7) is 3.17. The molecule has 1 saturated heterocycles. The number of hydrogen-bond donors (Lipinski definition) is 0. The van der Waals surface area contributed by atoms with E-state index >= 15 is 0 Å². The predicted molar refractivity (Wildman–Crippen MR) is 110 cm³/mol. The van der Waals surface area contributed by atoms with Crippen molar-refractivity contribution in [3.05, 3.63) is 58.6 Å². The summed E-state index contributed by atoms with van der Waals surface area (Å²) in [5, 5.41) is 0. The largest absolute Gasteiger partial charge is 0.494 e. The molecule has 1 aromatic heterocycles. The van der Waals surface area contributed by atoms with E-state index in [1.54, 1.807) is 24.3 Å². The lowest BCUT2D eigenvalue weighted by Gasteiger charge is -2.15. The van der Waals surface area contributed by atoms with Gasteiger partial charge < -0.3 is 9.15 Å². The maximum atomic E-state index is 12.7. The van der Waals surface area contributed by atoms with Crippen molar-refractivity contribution in [1.82, 2.24) is 8.87 Å². The number of carbonyl (C=O) groups is 1. The van der Waals surface area contributed by atoms with Gasteiger partial charge >= 0.3 is 5.76 Å². The maximum Gasteiger partial charge on any atom is 0.420 e. The summed E-state index contributed by atoms with van der Waals surface area (Å²) in [5.41, 5.74) is 0.951. The zero-order valence-electron chi connectivity index (χ0n) is 16.5. The molecule has 0 radical (unpaired) electrons. The smallest absolute Gasteiger partial charge is 0.420 e. The molecule has 0 aliphatic carbocycles. The number of nitrogens with zero attached hydrogens (tertiary/aromatic N) is 2. The lowest BCUT2D eigenvalue weighted by atomic mass is 10.1. The highest BCUT2D eigenvalue weighted by molar-refractivity contribution is 7.89. The van der Waals surface area contributed by atoms with Crippen LogP contribution in [-0.4, -0.2) is 42.8 Å². The van der Waals surface area contributed by atoms with Gasteiger partial charge in [0.25, 0.3) is 0 Å². The summed E-state index contributed by atoms with van der Waals surface area (Å²) >= 11 is 0. The van der Waals surface area contributed by atoms with Gasteiger partial charge in [0, 0.05) is 24.7 Å². The maximum absolute atomic E-state index is 12.7. The topological polar surface area (TPSA) is 98.8 Å². The molecule has 0 spiro atoms. The van der Waals surface area contributed by atoms with Gasteiger partial charge in [-0.15, -0.1) is 0 Å². The van der Waals surface area contributed by atoms with E-state index in [1.807, 2.05) is 6.92 Å². The highest BCUT2D eigenvalue weighted by atomic mass is 32.2. The molecule has 0 saturated carbocycles. The Morgan fingerprint density at radius 2 is 1.80 bits per heavy atom. The van der Waals surface area contributed by atoms with Gasteiger partial charge in [0.1, 0.15) is 5.75 Å². The second kappa shape index (κ2) is 8.08. The van der Waals surface area contributed by atoms with Crippen molar-refractivity contribution in [3.8, 4) is 5.75 Å². The number of ketones is 1. The van der Waals surface area contributed by atoms with Crippen LogP contribution >= 0.6 is 0 Å². The first-order valence-corrected chi connectivity index (χ1v) is 11.2. The Bertz CT molecular complexity index is 1230. The number of aromatic nitrogens is 1. The number of Topliss-reactive ketones (excluding diaryl/α,β-unsaturated/α-hetero) is 1. The molecule has 0 atom stereocenters. The average molecular weight is 430 g/mol. The minimum absolute atomic E-state index is 0.0793. The van der Waals surface area contributed by atoms with Crippen LogP contribution < -0.4 is 10.5 Å². The van der Waals surface area contributed by atoms with E-state index < -0.39 is 15.8 Å². The van der Waals surface area contributed by atoms with Gasteiger partial charge in [-0.2, -0.15) is 4.31 Å². The van der Waals surface area contributed by atoms with Crippen molar-refractivity contribution in [2.45, 2.75) is 31.2 Å². The summed E-state index contributed by atoms with van der Waals surface area (Å²) in [6, 6.07) is 11.0. The number of hydrogen-bond acceptors (Lipinski definition) is 6. The third kappa shape index (κ3) is 3.78. The third-order valence-corrected chi connectivity index (χ3v) is 7.03. The molecule has 3 aromatic rings. The highest BCUT2D eigenvalue weighted by Crippen LogP contribution is 2.24. The number of fused-ring (bicyclic) bond motifs is 1. The van der Waals surface area contributed by atoms with Crippen molar-refractivity contribution in [1.29, 1.82) is 0 Å². The summed E-state index contributed by atoms with van der Waals surface area (Å²) in [5.74, 6) is -0.316. The van der Waals surface area contributed by atoms with Crippen LogP contribution in [0.2, 0.25) is 0 Å². The monoisotopic (exact) mass is 430 g/mol. The van der Waals surface area contributed by atoms with Crippen LogP contribution in [-0.2, 0) is 16.6 Å². The Hall–Kier alpha value is -2.91. The third-order valence-electron chi connectivity index (χ3n) is 5.13. The Morgan fingerprint density at radius 1 is 1.10 bits per heavy atom. The quantitative estimate of drug-likeness (QED) is 0.535. The van der Waals surface area contributed by atoms with Gasteiger partial charge in [-0.1, -0.05) is 0 Å². The number of sulfonamides is 1. The molecule has 4 rings (SSSR count). The Labute approximate surface area is 173 Å². The zero-order chi connectivity index (χ0) is 21.3. The molecular weight excluding hydrogens is 408 g/mol. The molecule has 8 nitrogen and oxygen atoms in total. The molecule has 158 valence electrons. The minimum Gasteiger partial charge on any atom is -0.494 e. The fourth-order valence-electron chi connectivity index (χ4n) is 3.57. The summed E-state index contributed by atoms with van der Waals surface area (Å²) in [7, 11) is -3.63. The van der Waals surface area contributed by atoms with Gasteiger partial charge in [0.15, 0.2) is 11.4 Å². The SMILES string of the molecule is CCOc1ccc(C(=O)Cn2c(=O)oc3cc(S(=O)(=O)N4CCCC4)ccc32)cc1. The van der Waals surface area contributed by atoms with Gasteiger partial charge in [-0.25, -0.2) is 13.2 Å². The van der Waals surface area contributed by atoms with Crippen LogP contribution in [0.5, 0.6) is 5.75 Å². The van der Waals surface area contributed by atoms with E-state index in [2.05, 4.69) is 0 Å². The number of benzene rings is 2. The Morgan fingerprint density at radius 3 is 2.47 bits per heavy atom. The molecule has 1 fully saturated rings. The van der Waals surface area contributed by atoms with E-state index in [1.165, 1.54) is 27.1 Å². The van der Waals surface area contributed by atoms with Gasteiger partial charge in [0.2, 0.25) is 10.0 Å². The molecular formula is C21H22N2O6S. The Kier molecular flexibility index (Phi) is 5.48. The molecule has 2 aromatic carbocycles. The average Bonchev–Trinajstić information content (AvgIpc) is 3.37. The van der Waals surface area contributed by atoms with Crippen molar-refractivity contribution >= 4 is 26.9 Å². The first kappa shape index (κ1) is 20.4. The van der Waals surface area contributed by atoms with Crippen LogP contribution in [0, 0.1) is 0 Å². The number of oxazole rings is 1. The van der Waals surface area contributed by atoms with Crippen molar-refractivity contribution in [2.75, 3.05) is 19.7 Å². The van der Waals surface area contributed by atoms with E-state index in [4.69, 9.17) is 9.15 Å². The fourth-order valence-corrected chi connectivity index (χ4v) is 5.11. The van der Waals surface area contributed by atoms with Gasteiger partial charge in [-0.05, 0) is 56.2 Å². The molecule has 0 amide bonds. The van der Waals surface area contributed by atoms with Gasteiger partial charge in [0.05, 0.1) is 23.6 Å². The van der Waals surface area contributed by atoms with Gasteiger partial charge in [-0.3, -0.25) is 9.36 Å². The molecule has 0 N–H and O–H groups in total. The minimum atomic E-state index is -3.63. The van der Waals surface area contributed by atoms with Crippen molar-refractivity contribution < 1.29 is 22.4 Å².